The van der Waals surface area contributed by atoms with Crippen molar-refractivity contribution >= 4 is 0 Å². The van der Waals surface area contributed by atoms with Crippen molar-refractivity contribution < 1.29 is 10.2 Å². The van der Waals surface area contributed by atoms with Crippen LogP contribution in [-0.2, 0) is 0 Å². The molecule has 6 unspecified atom stereocenters. The monoisotopic (exact) mass is 319 g/mol. The molecule has 0 aromatic rings. The lowest BCUT2D eigenvalue weighted by atomic mass is 9.43. The zero-order chi connectivity index (χ0) is 16.6. The van der Waals surface area contributed by atoms with Crippen LogP contribution in [0.5, 0.6) is 0 Å². The predicted octanol–water partition coefficient (Wildman–Crippen LogP) is 2.85. The van der Waals surface area contributed by atoms with Gasteiger partial charge in [-0.25, -0.2) is 0 Å². The topological polar surface area (TPSA) is 66.5 Å². The highest BCUT2D eigenvalue weighted by atomic mass is 16.3. The van der Waals surface area contributed by atoms with Gasteiger partial charge in [-0.2, -0.15) is 0 Å². The molecule has 0 amide bonds. The molecule has 0 aromatic heterocycles. The molecule has 9 atom stereocenters. The van der Waals surface area contributed by atoms with Crippen LogP contribution in [0.3, 0.4) is 0 Å². The van der Waals surface area contributed by atoms with Gasteiger partial charge in [-0.15, -0.1) is 0 Å². The molecule has 4 saturated carbocycles. The smallest absolute Gasteiger partial charge is 0.0836 e. The highest BCUT2D eigenvalue weighted by Gasteiger charge is 2.63. The molecule has 3 heteroatoms. The number of aliphatic hydroxyl groups excluding tert-OH is 2. The first kappa shape index (κ1) is 16.1. The lowest BCUT2D eigenvalue weighted by molar-refractivity contribution is -0.210. The Bertz CT molecular complexity index is 520. The summed E-state index contributed by atoms with van der Waals surface area (Å²) in [6, 6.07) is 0.187. The fourth-order valence-electron chi connectivity index (χ4n) is 7.20. The Morgan fingerprint density at radius 1 is 1.00 bits per heavy atom. The molecular weight excluding hydrogens is 286 g/mol. The van der Waals surface area contributed by atoms with E-state index in [1.807, 2.05) is 0 Å². The van der Waals surface area contributed by atoms with Gasteiger partial charge in [0.05, 0.1) is 12.2 Å². The number of fused-ring (bicyclic) bond motifs is 5. The normalized spacial score (nSPS) is 59.2. The molecule has 3 nitrogen and oxygen atoms in total. The SMILES string of the molecule is C=C1CCC2C3C(O)[C@H](O)C4C[C@H](N)CC[C@]4(C)C3CCC12C. The average molecular weight is 319 g/mol. The first-order valence-electron chi connectivity index (χ1n) is 9.59. The van der Waals surface area contributed by atoms with Crippen molar-refractivity contribution in [2.24, 2.45) is 40.2 Å². The van der Waals surface area contributed by atoms with Crippen molar-refractivity contribution in [3.05, 3.63) is 12.2 Å². The van der Waals surface area contributed by atoms with E-state index in [1.54, 1.807) is 0 Å². The van der Waals surface area contributed by atoms with Crippen molar-refractivity contribution in [3.63, 3.8) is 0 Å². The van der Waals surface area contributed by atoms with E-state index >= 15 is 0 Å². The predicted molar refractivity (Wildman–Crippen MR) is 91.6 cm³/mol. The van der Waals surface area contributed by atoms with Crippen LogP contribution in [0.15, 0.2) is 12.2 Å². The Balaban J connectivity index is 1.73. The van der Waals surface area contributed by atoms with E-state index in [0.29, 0.717) is 11.8 Å². The average Bonchev–Trinajstić information content (AvgIpc) is 2.82. The fourth-order valence-corrected chi connectivity index (χ4v) is 7.20. The summed E-state index contributed by atoms with van der Waals surface area (Å²) in [6.07, 6.45) is 6.45. The third-order valence-electron chi connectivity index (χ3n) is 8.75. The van der Waals surface area contributed by atoms with Crippen molar-refractivity contribution in [1.29, 1.82) is 0 Å². The van der Waals surface area contributed by atoms with E-state index in [-0.39, 0.29) is 28.7 Å². The molecular formula is C20H33NO2. The maximum Gasteiger partial charge on any atom is 0.0836 e. The Kier molecular flexibility index (Phi) is 3.54. The van der Waals surface area contributed by atoms with Crippen LogP contribution in [0.4, 0.5) is 0 Å². The maximum absolute atomic E-state index is 11.0. The molecule has 4 N–H and O–H groups in total. The number of rotatable bonds is 0. The van der Waals surface area contributed by atoms with Crippen LogP contribution in [-0.4, -0.2) is 28.5 Å². The summed E-state index contributed by atoms with van der Waals surface area (Å²) in [7, 11) is 0. The number of nitrogens with two attached hydrogens (primary N) is 1. The first-order valence-corrected chi connectivity index (χ1v) is 9.59. The standard InChI is InChI=1S/C20H33NO2/c1-11-4-5-13-16-14(7-9-19(11,13)2)20(3)8-6-12(21)10-15(20)17(22)18(16)23/h12-18,22-23H,1,4-10,21H2,2-3H3/t12-,13?,14?,15?,16?,17-,18?,19?,20-/m1/s1. The maximum atomic E-state index is 11.0. The Morgan fingerprint density at radius 3 is 2.48 bits per heavy atom. The van der Waals surface area contributed by atoms with Crippen molar-refractivity contribution in [2.45, 2.75) is 77.0 Å². The molecule has 4 fully saturated rings. The number of hydrogen-bond donors (Lipinski definition) is 3. The van der Waals surface area contributed by atoms with Gasteiger partial charge in [0.25, 0.3) is 0 Å². The molecule has 130 valence electrons. The van der Waals surface area contributed by atoms with Gasteiger partial charge in [0.2, 0.25) is 0 Å². The van der Waals surface area contributed by atoms with Crippen LogP contribution in [0.1, 0.15) is 58.8 Å². The first-order chi connectivity index (χ1) is 10.8. The summed E-state index contributed by atoms with van der Waals surface area (Å²) in [4.78, 5) is 0. The van der Waals surface area contributed by atoms with E-state index in [4.69, 9.17) is 5.73 Å². The molecule has 4 aliphatic rings. The Labute approximate surface area is 140 Å². The summed E-state index contributed by atoms with van der Waals surface area (Å²) in [6.45, 7) is 9.07. The molecule has 0 saturated heterocycles. The molecule has 0 spiro atoms. The number of aliphatic hydroxyl groups is 2. The zero-order valence-corrected chi connectivity index (χ0v) is 14.7. The second-order valence-electron chi connectivity index (χ2n) is 9.52. The largest absolute Gasteiger partial charge is 0.390 e. The summed E-state index contributed by atoms with van der Waals surface area (Å²) < 4.78 is 0. The van der Waals surface area contributed by atoms with E-state index in [1.165, 1.54) is 18.4 Å². The van der Waals surface area contributed by atoms with E-state index in [0.717, 1.165) is 32.1 Å². The van der Waals surface area contributed by atoms with Gasteiger partial charge in [0.1, 0.15) is 0 Å². The molecule has 23 heavy (non-hydrogen) atoms. The highest BCUT2D eigenvalue weighted by Crippen LogP contribution is 2.66. The van der Waals surface area contributed by atoms with E-state index in [2.05, 4.69) is 20.4 Å². The summed E-state index contributed by atoms with van der Waals surface area (Å²) in [5.41, 5.74) is 7.89. The summed E-state index contributed by atoms with van der Waals surface area (Å²) >= 11 is 0. The van der Waals surface area contributed by atoms with Crippen LogP contribution in [0.2, 0.25) is 0 Å². The lowest BCUT2D eigenvalue weighted by Gasteiger charge is -2.63. The van der Waals surface area contributed by atoms with Crippen LogP contribution < -0.4 is 5.73 Å². The fraction of sp³-hybridized carbons (Fsp3) is 0.900. The molecule has 0 radical (unpaired) electrons. The molecule has 0 bridgehead atoms. The van der Waals surface area contributed by atoms with Gasteiger partial charge in [-0.3, -0.25) is 0 Å². The van der Waals surface area contributed by atoms with Crippen molar-refractivity contribution in [3.8, 4) is 0 Å². The van der Waals surface area contributed by atoms with Crippen LogP contribution >= 0.6 is 0 Å². The number of allylic oxidation sites excluding steroid dienone is 1. The molecule has 4 rings (SSSR count). The van der Waals surface area contributed by atoms with E-state index in [9.17, 15) is 10.2 Å². The van der Waals surface area contributed by atoms with Crippen molar-refractivity contribution in [1.82, 2.24) is 0 Å². The molecule has 0 aromatic carbocycles. The quantitative estimate of drug-likeness (QED) is 0.602. The van der Waals surface area contributed by atoms with Gasteiger partial charge >= 0.3 is 0 Å². The van der Waals surface area contributed by atoms with Gasteiger partial charge in [0.15, 0.2) is 0 Å². The third kappa shape index (κ3) is 1.99. The summed E-state index contributed by atoms with van der Waals surface area (Å²) in [5, 5.41) is 22.0. The molecule has 0 aliphatic heterocycles. The van der Waals surface area contributed by atoms with Gasteiger partial charge in [-0.1, -0.05) is 26.0 Å². The van der Waals surface area contributed by atoms with Gasteiger partial charge in [-0.05, 0) is 79.4 Å². The molecule has 4 aliphatic carbocycles. The van der Waals surface area contributed by atoms with Gasteiger partial charge < -0.3 is 15.9 Å². The van der Waals surface area contributed by atoms with E-state index < -0.39 is 12.2 Å². The molecule has 0 heterocycles. The minimum Gasteiger partial charge on any atom is -0.390 e. The minimum absolute atomic E-state index is 0.143. The van der Waals surface area contributed by atoms with Crippen LogP contribution in [0, 0.1) is 34.5 Å². The minimum atomic E-state index is -0.608. The Hall–Kier alpha value is -0.380. The van der Waals surface area contributed by atoms with Gasteiger partial charge in [0, 0.05) is 6.04 Å². The zero-order valence-electron chi connectivity index (χ0n) is 14.7. The number of hydrogen-bond acceptors (Lipinski definition) is 3. The van der Waals surface area contributed by atoms with Crippen LogP contribution in [0.25, 0.3) is 0 Å². The lowest BCUT2D eigenvalue weighted by Crippen LogP contribution is -2.64. The second kappa shape index (κ2) is 5.06. The van der Waals surface area contributed by atoms with Crippen molar-refractivity contribution in [2.75, 3.05) is 0 Å². The second-order valence-corrected chi connectivity index (χ2v) is 9.52. The Morgan fingerprint density at radius 2 is 1.74 bits per heavy atom. The highest BCUT2D eigenvalue weighted by molar-refractivity contribution is 5.23. The summed E-state index contributed by atoms with van der Waals surface area (Å²) in [5.74, 6) is 1.42. The third-order valence-corrected chi connectivity index (χ3v) is 8.75.